The minimum Gasteiger partial charge on any atom is -0.497 e. The van der Waals surface area contributed by atoms with Gasteiger partial charge in [0.1, 0.15) is 5.75 Å². The molecule has 4 heteroatoms. The molecule has 0 aliphatic rings. The van der Waals surface area contributed by atoms with Crippen LogP contribution in [0.3, 0.4) is 0 Å². The Hall–Kier alpha value is -2.17. The van der Waals surface area contributed by atoms with Crippen LogP contribution < -0.4 is 4.74 Å². The summed E-state index contributed by atoms with van der Waals surface area (Å²) in [4.78, 5) is 0.422. The molecule has 0 spiro atoms. The Bertz CT molecular complexity index is 827. The molecule has 0 aliphatic heterocycles. The van der Waals surface area contributed by atoms with Crippen LogP contribution in [0.15, 0.2) is 65.6 Å². The van der Waals surface area contributed by atoms with Gasteiger partial charge in [0.25, 0.3) is 0 Å². The summed E-state index contributed by atoms with van der Waals surface area (Å²) in [5.74, 6) is 0.812. The molecular weight excluding hydrogens is 284 g/mol. The summed E-state index contributed by atoms with van der Waals surface area (Å²) in [5.41, 5.74) is 1.70. The molecule has 3 aromatic carbocycles. The average molecular weight is 298 g/mol. The van der Waals surface area contributed by atoms with E-state index in [0.717, 1.165) is 27.6 Å². The molecule has 1 unspecified atom stereocenters. The molecule has 1 atom stereocenters. The summed E-state index contributed by atoms with van der Waals surface area (Å²) < 4.78 is 26.1. The van der Waals surface area contributed by atoms with E-state index in [0.29, 0.717) is 4.90 Å². The number of hydrogen-bond acceptors (Lipinski definition) is 2. The van der Waals surface area contributed by atoms with Crippen molar-refractivity contribution in [3.05, 3.63) is 60.7 Å². The van der Waals surface area contributed by atoms with Crippen LogP contribution in [-0.2, 0) is 11.1 Å². The van der Waals surface area contributed by atoms with Crippen molar-refractivity contribution in [2.45, 2.75) is 4.90 Å². The molecule has 0 fully saturated rings. The molecular formula is C17H14O3S. The van der Waals surface area contributed by atoms with Gasteiger partial charge in [-0.15, -0.1) is 0 Å². The van der Waals surface area contributed by atoms with Crippen LogP contribution in [0, 0.1) is 0 Å². The van der Waals surface area contributed by atoms with Gasteiger partial charge in [-0.05, 0) is 40.6 Å². The van der Waals surface area contributed by atoms with Crippen molar-refractivity contribution in [1.29, 1.82) is 0 Å². The Kier molecular flexibility index (Phi) is 3.73. The van der Waals surface area contributed by atoms with Gasteiger partial charge >= 0.3 is 0 Å². The van der Waals surface area contributed by atoms with Crippen LogP contribution in [-0.4, -0.2) is 15.9 Å². The van der Waals surface area contributed by atoms with E-state index in [1.54, 1.807) is 19.2 Å². The van der Waals surface area contributed by atoms with E-state index in [2.05, 4.69) is 0 Å². The maximum Gasteiger partial charge on any atom is 0.187 e. The van der Waals surface area contributed by atoms with Gasteiger partial charge in [0.15, 0.2) is 11.1 Å². The average Bonchev–Trinajstić information content (AvgIpc) is 2.53. The van der Waals surface area contributed by atoms with Crippen molar-refractivity contribution in [1.82, 2.24) is 0 Å². The molecule has 1 N–H and O–H groups in total. The molecule has 0 amide bonds. The summed E-state index contributed by atoms with van der Waals surface area (Å²) >= 11 is -2.00. The van der Waals surface area contributed by atoms with Crippen LogP contribution in [0.25, 0.3) is 21.9 Å². The molecule has 3 rings (SSSR count). The van der Waals surface area contributed by atoms with E-state index in [4.69, 9.17) is 4.74 Å². The number of benzene rings is 3. The lowest BCUT2D eigenvalue weighted by molar-refractivity contribution is 0.415. The van der Waals surface area contributed by atoms with Crippen molar-refractivity contribution in [3.8, 4) is 16.9 Å². The summed E-state index contributed by atoms with van der Waals surface area (Å²) in [5, 5.41) is 2.13. The third kappa shape index (κ3) is 2.68. The number of rotatable bonds is 3. The van der Waals surface area contributed by atoms with E-state index >= 15 is 0 Å². The van der Waals surface area contributed by atoms with Crippen molar-refractivity contribution in [2.75, 3.05) is 7.11 Å². The fourth-order valence-electron chi connectivity index (χ4n) is 2.38. The quantitative estimate of drug-likeness (QED) is 0.741. The lowest BCUT2D eigenvalue weighted by Gasteiger charge is -2.08. The Morgan fingerprint density at radius 1 is 0.952 bits per heavy atom. The monoisotopic (exact) mass is 298 g/mol. The fourth-order valence-corrected chi connectivity index (χ4v) is 2.94. The van der Waals surface area contributed by atoms with Crippen LogP contribution in [0.4, 0.5) is 0 Å². The zero-order valence-electron chi connectivity index (χ0n) is 11.4. The molecule has 0 heterocycles. The first-order chi connectivity index (χ1) is 10.2. The minimum atomic E-state index is -2.00. The predicted octanol–water partition coefficient (Wildman–Crippen LogP) is 4.10. The number of hydrogen-bond donors (Lipinski definition) is 1. The Labute approximate surface area is 125 Å². The van der Waals surface area contributed by atoms with Gasteiger partial charge in [-0.3, -0.25) is 0 Å². The number of fused-ring (bicyclic) bond motifs is 1. The fraction of sp³-hybridized carbons (Fsp3) is 0.0588. The Balaban J connectivity index is 2.16. The molecule has 0 aromatic heterocycles. The highest BCUT2D eigenvalue weighted by atomic mass is 32.2. The van der Waals surface area contributed by atoms with Gasteiger partial charge < -0.3 is 9.29 Å². The van der Waals surface area contributed by atoms with Crippen LogP contribution in [0.2, 0.25) is 0 Å². The Morgan fingerprint density at radius 3 is 2.43 bits per heavy atom. The second kappa shape index (κ2) is 5.68. The smallest absolute Gasteiger partial charge is 0.187 e. The number of methoxy groups -OCH3 is 1. The topological polar surface area (TPSA) is 46.5 Å². The van der Waals surface area contributed by atoms with E-state index in [-0.39, 0.29) is 0 Å². The summed E-state index contributed by atoms with van der Waals surface area (Å²) in [6.07, 6.45) is 0. The van der Waals surface area contributed by atoms with Crippen molar-refractivity contribution in [2.24, 2.45) is 0 Å². The highest BCUT2D eigenvalue weighted by Gasteiger charge is 2.09. The first-order valence-corrected chi connectivity index (χ1v) is 7.58. The summed E-state index contributed by atoms with van der Waals surface area (Å²) in [6.45, 7) is 0. The molecule has 106 valence electrons. The lowest BCUT2D eigenvalue weighted by Crippen LogP contribution is -1.92. The van der Waals surface area contributed by atoms with Gasteiger partial charge in [0.2, 0.25) is 0 Å². The predicted molar refractivity (Wildman–Crippen MR) is 85.0 cm³/mol. The molecule has 0 radical (unpaired) electrons. The van der Waals surface area contributed by atoms with Gasteiger partial charge in [-0.25, -0.2) is 4.21 Å². The lowest BCUT2D eigenvalue weighted by atomic mass is 10.0. The van der Waals surface area contributed by atoms with Gasteiger partial charge in [0.05, 0.1) is 12.0 Å². The highest BCUT2D eigenvalue weighted by Crippen LogP contribution is 2.30. The van der Waals surface area contributed by atoms with Crippen molar-refractivity contribution < 1.29 is 13.5 Å². The van der Waals surface area contributed by atoms with E-state index in [1.807, 2.05) is 48.5 Å². The second-order valence-electron chi connectivity index (χ2n) is 4.67. The van der Waals surface area contributed by atoms with E-state index in [9.17, 15) is 8.76 Å². The zero-order chi connectivity index (χ0) is 14.8. The highest BCUT2D eigenvalue weighted by molar-refractivity contribution is 7.79. The minimum absolute atomic E-state index is 0.422. The zero-order valence-corrected chi connectivity index (χ0v) is 12.3. The van der Waals surface area contributed by atoms with Crippen LogP contribution >= 0.6 is 0 Å². The molecule has 0 bridgehead atoms. The van der Waals surface area contributed by atoms with Gasteiger partial charge in [0, 0.05) is 5.56 Å². The molecule has 21 heavy (non-hydrogen) atoms. The Morgan fingerprint density at radius 2 is 1.67 bits per heavy atom. The first kappa shape index (κ1) is 13.8. The summed E-state index contributed by atoms with van der Waals surface area (Å²) in [7, 11) is 1.64. The van der Waals surface area contributed by atoms with E-state index in [1.165, 1.54) is 0 Å². The largest absolute Gasteiger partial charge is 0.497 e. The van der Waals surface area contributed by atoms with Gasteiger partial charge in [-0.1, -0.05) is 36.4 Å². The molecule has 0 saturated carbocycles. The second-order valence-corrected chi connectivity index (χ2v) is 5.61. The maximum absolute atomic E-state index is 11.4. The number of ether oxygens (including phenoxy) is 1. The molecule has 3 nitrogen and oxygen atoms in total. The van der Waals surface area contributed by atoms with Crippen LogP contribution in [0.1, 0.15) is 0 Å². The van der Waals surface area contributed by atoms with Gasteiger partial charge in [-0.2, -0.15) is 0 Å². The normalized spacial score (nSPS) is 12.3. The SMILES string of the molecule is COc1ccc2cc(-c3ccccc3S(=O)O)ccc2c1. The standard InChI is InChI=1S/C17H14O3S/c1-20-15-9-8-12-10-14(7-6-13(12)11-15)16-4-2-3-5-17(16)21(18)19/h2-11H,1H3,(H,18,19). The molecule has 0 saturated heterocycles. The summed E-state index contributed by atoms with van der Waals surface area (Å²) in [6, 6.07) is 19.0. The first-order valence-electron chi connectivity index (χ1n) is 6.47. The van der Waals surface area contributed by atoms with E-state index < -0.39 is 11.1 Å². The molecule has 0 aliphatic carbocycles. The maximum atomic E-state index is 11.4. The van der Waals surface area contributed by atoms with Crippen LogP contribution in [0.5, 0.6) is 5.75 Å². The third-order valence-electron chi connectivity index (χ3n) is 3.43. The van der Waals surface area contributed by atoms with Crippen molar-refractivity contribution in [3.63, 3.8) is 0 Å². The van der Waals surface area contributed by atoms with Crippen molar-refractivity contribution >= 4 is 21.9 Å². The molecule has 3 aromatic rings. The third-order valence-corrected chi connectivity index (χ3v) is 4.17.